The van der Waals surface area contributed by atoms with Gasteiger partial charge in [-0.05, 0) is 42.0 Å². The minimum Gasteiger partial charge on any atom is -0.338 e. The van der Waals surface area contributed by atoms with Gasteiger partial charge in [0, 0.05) is 19.6 Å². The molecule has 1 N–H and O–H groups in total. The molecule has 7 heteroatoms. The number of rotatable bonds is 5. The molecule has 144 valence electrons. The minimum atomic E-state index is -3.26. The van der Waals surface area contributed by atoms with Crippen molar-refractivity contribution in [1.82, 2.24) is 9.62 Å². The zero-order valence-electron chi connectivity index (χ0n) is 15.2. The number of piperidine rings is 1. The number of nitrogens with one attached hydrogen (secondary N) is 1. The van der Waals surface area contributed by atoms with Crippen molar-refractivity contribution in [2.45, 2.75) is 12.8 Å². The summed E-state index contributed by atoms with van der Waals surface area (Å²) in [4.78, 5) is 14.4. The molecule has 1 amide bonds. The molecule has 0 spiro atoms. The molecular formula is C20H23FN2O3S. The summed E-state index contributed by atoms with van der Waals surface area (Å²) >= 11 is 0. The van der Waals surface area contributed by atoms with Crippen LogP contribution in [0.5, 0.6) is 0 Å². The molecule has 27 heavy (non-hydrogen) atoms. The van der Waals surface area contributed by atoms with Crippen molar-refractivity contribution >= 4 is 15.9 Å². The number of carbonyl (C=O) groups excluding carboxylic acids is 1. The Morgan fingerprint density at radius 2 is 1.93 bits per heavy atom. The Morgan fingerprint density at radius 1 is 1.19 bits per heavy atom. The molecule has 1 aliphatic heterocycles. The van der Waals surface area contributed by atoms with E-state index in [2.05, 4.69) is 4.72 Å². The third-order valence-corrected chi connectivity index (χ3v) is 5.44. The first-order chi connectivity index (χ1) is 12.8. The second kappa shape index (κ2) is 8.19. The van der Waals surface area contributed by atoms with Gasteiger partial charge in [0.05, 0.1) is 11.8 Å². The van der Waals surface area contributed by atoms with Gasteiger partial charge < -0.3 is 4.90 Å². The lowest BCUT2D eigenvalue weighted by molar-refractivity contribution is 0.0671. The fourth-order valence-corrected chi connectivity index (χ4v) is 3.89. The Hall–Kier alpha value is -2.25. The third-order valence-electron chi connectivity index (χ3n) is 4.75. The van der Waals surface area contributed by atoms with Crippen molar-refractivity contribution in [3.8, 4) is 11.1 Å². The summed E-state index contributed by atoms with van der Waals surface area (Å²) in [5, 5.41) is 0. The van der Waals surface area contributed by atoms with Crippen molar-refractivity contribution in [2.24, 2.45) is 5.92 Å². The standard InChI is InChI=1S/C20H23FN2O3S/c1-27(25,26)22-13-15-6-5-11-23(14-15)20(24)18-10-9-17(12-19(18)21)16-7-3-2-4-8-16/h2-4,7-10,12,15,22H,5-6,11,13-14H2,1H3. The van der Waals surface area contributed by atoms with Crippen molar-refractivity contribution in [3.63, 3.8) is 0 Å². The molecule has 1 unspecified atom stereocenters. The van der Waals surface area contributed by atoms with Gasteiger partial charge in [-0.3, -0.25) is 4.79 Å². The van der Waals surface area contributed by atoms with Gasteiger partial charge in [0.15, 0.2) is 0 Å². The molecule has 1 saturated heterocycles. The molecule has 0 saturated carbocycles. The maximum atomic E-state index is 14.6. The molecule has 0 aliphatic carbocycles. The van der Waals surface area contributed by atoms with Gasteiger partial charge in [-0.15, -0.1) is 0 Å². The molecular weight excluding hydrogens is 367 g/mol. The smallest absolute Gasteiger partial charge is 0.256 e. The van der Waals surface area contributed by atoms with Crippen molar-refractivity contribution in [1.29, 1.82) is 0 Å². The summed E-state index contributed by atoms with van der Waals surface area (Å²) in [6.07, 6.45) is 2.72. The normalized spacial score (nSPS) is 17.7. The average Bonchev–Trinajstić information content (AvgIpc) is 2.66. The predicted molar refractivity (Wildman–Crippen MR) is 103 cm³/mol. The lowest BCUT2D eigenvalue weighted by Crippen LogP contribution is -2.43. The quantitative estimate of drug-likeness (QED) is 0.854. The molecule has 3 rings (SSSR count). The van der Waals surface area contributed by atoms with Crippen molar-refractivity contribution in [3.05, 3.63) is 59.9 Å². The molecule has 0 aromatic heterocycles. The maximum Gasteiger partial charge on any atom is 0.256 e. The molecule has 0 radical (unpaired) electrons. The number of amides is 1. The molecule has 1 fully saturated rings. The van der Waals surface area contributed by atoms with Crippen LogP contribution in [0.4, 0.5) is 4.39 Å². The second-order valence-corrected chi connectivity index (χ2v) is 8.77. The largest absolute Gasteiger partial charge is 0.338 e. The van der Waals surface area contributed by atoms with Gasteiger partial charge in [-0.1, -0.05) is 36.4 Å². The van der Waals surface area contributed by atoms with Crippen LogP contribution in [0.25, 0.3) is 11.1 Å². The number of carbonyl (C=O) groups is 1. The molecule has 5 nitrogen and oxygen atoms in total. The van der Waals surface area contributed by atoms with E-state index in [1.807, 2.05) is 30.3 Å². The number of nitrogens with zero attached hydrogens (tertiary/aromatic N) is 1. The van der Waals surface area contributed by atoms with Crippen LogP contribution in [-0.4, -0.2) is 45.1 Å². The van der Waals surface area contributed by atoms with Gasteiger partial charge in [-0.2, -0.15) is 0 Å². The summed E-state index contributed by atoms with van der Waals surface area (Å²) in [5.41, 5.74) is 1.66. The SMILES string of the molecule is CS(=O)(=O)NCC1CCCN(C(=O)c2ccc(-c3ccccc3)cc2F)C1. The Bertz CT molecular complexity index is 916. The fraction of sp³-hybridized carbons (Fsp3) is 0.350. The molecule has 2 aromatic rings. The molecule has 1 atom stereocenters. The van der Waals surface area contributed by atoms with E-state index in [0.29, 0.717) is 13.1 Å². The Morgan fingerprint density at radius 3 is 2.59 bits per heavy atom. The van der Waals surface area contributed by atoms with Crippen LogP contribution in [0.1, 0.15) is 23.2 Å². The van der Waals surface area contributed by atoms with Crippen molar-refractivity contribution in [2.75, 3.05) is 25.9 Å². The van der Waals surface area contributed by atoms with E-state index in [9.17, 15) is 17.6 Å². The van der Waals surface area contributed by atoms with Gasteiger partial charge in [0.1, 0.15) is 5.82 Å². The van der Waals surface area contributed by atoms with Crippen LogP contribution >= 0.6 is 0 Å². The molecule has 0 bridgehead atoms. The maximum absolute atomic E-state index is 14.6. The Balaban J connectivity index is 1.71. The van der Waals surface area contributed by atoms with E-state index in [0.717, 1.165) is 30.2 Å². The third kappa shape index (κ3) is 5.14. The number of sulfonamides is 1. The van der Waals surface area contributed by atoms with E-state index >= 15 is 0 Å². The Labute approximate surface area is 159 Å². The Kier molecular flexibility index (Phi) is 5.92. The van der Waals surface area contributed by atoms with Crippen molar-refractivity contribution < 1.29 is 17.6 Å². The van der Waals surface area contributed by atoms with Gasteiger partial charge in [0.2, 0.25) is 10.0 Å². The highest BCUT2D eigenvalue weighted by molar-refractivity contribution is 7.88. The molecule has 1 heterocycles. The number of hydrogen-bond acceptors (Lipinski definition) is 3. The second-order valence-electron chi connectivity index (χ2n) is 6.94. The van der Waals surface area contributed by atoms with Crippen LogP contribution < -0.4 is 4.72 Å². The van der Waals surface area contributed by atoms with Gasteiger partial charge >= 0.3 is 0 Å². The minimum absolute atomic E-state index is 0.0316. The number of hydrogen-bond donors (Lipinski definition) is 1. The summed E-state index contributed by atoms with van der Waals surface area (Å²) in [6, 6.07) is 14.1. The summed E-state index contributed by atoms with van der Waals surface area (Å²) < 4.78 is 39.6. The first-order valence-electron chi connectivity index (χ1n) is 8.92. The summed E-state index contributed by atoms with van der Waals surface area (Å²) in [5.74, 6) is -0.863. The number of benzene rings is 2. The molecule has 2 aromatic carbocycles. The monoisotopic (exact) mass is 390 g/mol. The van der Waals surface area contributed by atoms with E-state index in [1.165, 1.54) is 12.1 Å². The zero-order valence-corrected chi connectivity index (χ0v) is 16.0. The summed E-state index contributed by atoms with van der Waals surface area (Å²) in [6.45, 7) is 1.26. The van der Waals surface area contributed by atoms with E-state index in [-0.39, 0.29) is 23.9 Å². The zero-order chi connectivity index (χ0) is 19.4. The first-order valence-corrected chi connectivity index (χ1v) is 10.8. The van der Waals surface area contributed by atoms with Crippen LogP contribution in [0.15, 0.2) is 48.5 Å². The van der Waals surface area contributed by atoms with Gasteiger partial charge in [0.25, 0.3) is 5.91 Å². The van der Waals surface area contributed by atoms with Crippen LogP contribution in [0.2, 0.25) is 0 Å². The first kappa shape index (κ1) is 19.5. The van der Waals surface area contributed by atoms with Gasteiger partial charge in [-0.25, -0.2) is 17.5 Å². The van der Waals surface area contributed by atoms with Crippen LogP contribution in [0.3, 0.4) is 0 Å². The lowest BCUT2D eigenvalue weighted by atomic mass is 9.97. The predicted octanol–water partition coefficient (Wildman–Crippen LogP) is 2.89. The van der Waals surface area contributed by atoms with Crippen LogP contribution in [0, 0.1) is 11.7 Å². The average molecular weight is 390 g/mol. The highest BCUT2D eigenvalue weighted by Crippen LogP contribution is 2.24. The fourth-order valence-electron chi connectivity index (χ4n) is 3.35. The number of likely N-dealkylation sites (tertiary alicyclic amines) is 1. The van der Waals surface area contributed by atoms with E-state index in [1.54, 1.807) is 11.0 Å². The lowest BCUT2D eigenvalue weighted by Gasteiger charge is -2.33. The number of halogens is 1. The van der Waals surface area contributed by atoms with E-state index in [4.69, 9.17) is 0 Å². The van der Waals surface area contributed by atoms with Crippen LogP contribution in [-0.2, 0) is 10.0 Å². The summed E-state index contributed by atoms with van der Waals surface area (Å²) in [7, 11) is -3.26. The topological polar surface area (TPSA) is 66.5 Å². The molecule has 1 aliphatic rings. The highest BCUT2D eigenvalue weighted by atomic mass is 32.2. The highest BCUT2D eigenvalue weighted by Gasteiger charge is 2.26. The van der Waals surface area contributed by atoms with E-state index < -0.39 is 15.8 Å².